The first-order valence-corrected chi connectivity index (χ1v) is 11.4. The molecule has 2 aromatic carbocycles. The van der Waals surface area contributed by atoms with E-state index in [2.05, 4.69) is 33.8 Å². The molecule has 2 rings (SSSR count). The standard InChI is InChI=1S/C20H29N3O3S.HI/c1-3-21-20(23-13-7-15-27(2,24)25)22-12-6-14-26-19-11-10-17-8-4-5-9-18(17)16-19;/h4-5,8-11,16H,3,6-7,12-15H2,1-2H3,(H2,21,22,23);1H. The van der Waals surface area contributed by atoms with Gasteiger partial charge in [-0.05, 0) is 36.2 Å². The smallest absolute Gasteiger partial charge is 0.191 e. The number of hydrogen-bond donors (Lipinski definition) is 2. The maximum atomic E-state index is 11.1. The van der Waals surface area contributed by atoms with Crippen molar-refractivity contribution in [3.63, 3.8) is 0 Å². The minimum absolute atomic E-state index is 0. The molecular weight excluding hydrogens is 489 g/mol. The fourth-order valence-electron chi connectivity index (χ4n) is 2.59. The number of halogens is 1. The number of nitrogens with zero attached hydrogens (tertiary/aromatic N) is 1. The second-order valence-corrected chi connectivity index (χ2v) is 8.64. The lowest BCUT2D eigenvalue weighted by atomic mass is 10.1. The summed E-state index contributed by atoms with van der Waals surface area (Å²) in [6, 6.07) is 14.3. The molecule has 0 spiro atoms. The molecule has 6 nitrogen and oxygen atoms in total. The molecular formula is C20H30IN3O3S. The van der Waals surface area contributed by atoms with Crippen LogP contribution in [-0.4, -0.2) is 52.6 Å². The maximum absolute atomic E-state index is 11.1. The van der Waals surface area contributed by atoms with Gasteiger partial charge in [0.25, 0.3) is 0 Å². The highest BCUT2D eigenvalue weighted by atomic mass is 127. The SMILES string of the molecule is CCNC(=NCCCOc1ccc2ccccc2c1)NCCCS(C)(=O)=O.I. The van der Waals surface area contributed by atoms with E-state index in [-0.39, 0.29) is 29.7 Å². The van der Waals surface area contributed by atoms with Gasteiger partial charge in [-0.2, -0.15) is 0 Å². The van der Waals surface area contributed by atoms with E-state index in [1.807, 2.05) is 31.2 Å². The number of benzene rings is 2. The molecule has 0 aromatic heterocycles. The zero-order valence-electron chi connectivity index (χ0n) is 16.5. The molecule has 156 valence electrons. The van der Waals surface area contributed by atoms with Crippen LogP contribution in [0.5, 0.6) is 5.75 Å². The molecule has 0 unspecified atom stereocenters. The Balaban J connectivity index is 0.00000392. The highest BCUT2D eigenvalue weighted by Gasteiger charge is 2.02. The predicted molar refractivity (Wildman–Crippen MR) is 128 cm³/mol. The number of sulfone groups is 1. The van der Waals surface area contributed by atoms with E-state index >= 15 is 0 Å². The topological polar surface area (TPSA) is 79.8 Å². The Morgan fingerprint density at radius 3 is 2.54 bits per heavy atom. The van der Waals surface area contributed by atoms with Gasteiger partial charge >= 0.3 is 0 Å². The van der Waals surface area contributed by atoms with Crippen molar-refractivity contribution in [2.75, 3.05) is 38.2 Å². The van der Waals surface area contributed by atoms with Gasteiger partial charge in [0.1, 0.15) is 15.6 Å². The van der Waals surface area contributed by atoms with Gasteiger partial charge < -0.3 is 15.4 Å². The molecule has 0 atom stereocenters. The molecule has 0 bridgehead atoms. The molecule has 0 aliphatic carbocycles. The number of ether oxygens (including phenoxy) is 1. The molecule has 8 heteroatoms. The van der Waals surface area contributed by atoms with Crippen molar-refractivity contribution in [2.24, 2.45) is 4.99 Å². The predicted octanol–water partition coefficient (Wildman–Crippen LogP) is 3.22. The van der Waals surface area contributed by atoms with E-state index in [4.69, 9.17) is 4.74 Å². The van der Waals surface area contributed by atoms with Gasteiger partial charge in [-0.25, -0.2) is 8.42 Å². The third-order valence-corrected chi connectivity index (χ3v) is 4.92. The summed E-state index contributed by atoms with van der Waals surface area (Å²) in [5.41, 5.74) is 0. The van der Waals surface area contributed by atoms with Gasteiger partial charge in [0.15, 0.2) is 5.96 Å². The van der Waals surface area contributed by atoms with E-state index < -0.39 is 9.84 Å². The van der Waals surface area contributed by atoms with Gasteiger partial charge in [0.05, 0.1) is 12.4 Å². The number of guanidine groups is 1. The first-order chi connectivity index (χ1) is 13.0. The molecule has 0 heterocycles. The van der Waals surface area contributed by atoms with Crippen LogP contribution in [0.2, 0.25) is 0 Å². The minimum Gasteiger partial charge on any atom is -0.494 e. The van der Waals surface area contributed by atoms with Crippen LogP contribution in [0.1, 0.15) is 19.8 Å². The Hall–Kier alpha value is -1.55. The van der Waals surface area contributed by atoms with Gasteiger partial charge in [0.2, 0.25) is 0 Å². The average Bonchev–Trinajstić information content (AvgIpc) is 2.64. The van der Waals surface area contributed by atoms with Crippen LogP contribution < -0.4 is 15.4 Å². The highest BCUT2D eigenvalue weighted by Crippen LogP contribution is 2.20. The van der Waals surface area contributed by atoms with Crippen LogP contribution in [0.3, 0.4) is 0 Å². The summed E-state index contributed by atoms with van der Waals surface area (Å²) in [6.45, 7) is 4.55. The van der Waals surface area contributed by atoms with Gasteiger partial charge in [0, 0.05) is 32.3 Å². The van der Waals surface area contributed by atoms with Crippen molar-refractivity contribution in [1.29, 1.82) is 0 Å². The summed E-state index contributed by atoms with van der Waals surface area (Å²) in [4.78, 5) is 4.49. The third kappa shape index (κ3) is 9.59. The van der Waals surface area contributed by atoms with Crippen molar-refractivity contribution in [3.8, 4) is 5.75 Å². The Labute approximate surface area is 185 Å². The van der Waals surface area contributed by atoms with Crippen LogP contribution in [-0.2, 0) is 9.84 Å². The number of fused-ring (bicyclic) bond motifs is 1. The Morgan fingerprint density at radius 1 is 1.07 bits per heavy atom. The minimum atomic E-state index is -2.92. The molecule has 0 saturated heterocycles. The molecule has 2 aromatic rings. The fraction of sp³-hybridized carbons (Fsp3) is 0.450. The lowest BCUT2D eigenvalue weighted by Crippen LogP contribution is -2.38. The van der Waals surface area contributed by atoms with Gasteiger partial charge in [-0.3, -0.25) is 4.99 Å². The monoisotopic (exact) mass is 519 g/mol. The van der Waals surface area contributed by atoms with Crippen LogP contribution in [0.4, 0.5) is 0 Å². The molecule has 0 amide bonds. The van der Waals surface area contributed by atoms with Crippen molar-refractivity contribution < 1.29 is 13.2 Å². The Kier molecular flexibility index (Phi) is 11.2. The normalized spacial score (nSPS) is 11.7. The average molecular weight is 519 g/mol. The lowest BCUT2D eigenvalue weighted by Gasteiger charge is -2.11. The third-order valence-electron chi connectivity index (χ3n) is 3.89. The van der Waals surface area contributed by atoms with Crippen molar-refractivity contribution in [2.45, 2.75) is 19.8 Å². The molecule has 2 N–H and O–H groups in total. The van der Waals surface area contributed by atoms with Crippen LogP contribution in [0, 0.1) is 0 Å². The fourth-order valence-corrected chi connectivity index (χ4v) is 3.25. The first-order valence-electron chi connectivity index (χ1n) is 9.29. The Bertz CT molecular complexity index is 857. The quantitative estimate of drug-likeness (QED) is 0.218. The van der Waals surface area contributed by atoms with Crippen LogP contribution in [0.25, 0.3) is 10.8 Å². The zero-order chi connectivity index (χ0) is 19.5. The second-order valence-electron chi connectivity index (χ2n) is 6.38. The first kappa shape index (κ1) is 24.5. The number of rotatable bonds is 10. The van der Waals surface area contributed by atoms with E-state index in [9.17, 15) is 8.42 Å². The van der Waals surface area contributed by atoms with E-state index in [0.717, 1.165) is 18.7 Å². The molecule has 0 aliphatic heterocycles. The molecule has 0 fully saturated rings. The highest BCUT2D eigenvalue weighted by molar-refractivity contribution is 14.0. The van der Waals surface area contributed by atoms with Crippen molar-refractivity contribution >= 4 is 50.5 Å². The number of hydrogen-bond acceptors (Lipinski definition) is 4. The summed E-state index contributed by atoms with van der Waals surface area (Å²) in [6.07, 6.45) is 2.61. The summed E-state index contributed by atoms with van der Waals surface area (Å²) >= 11 is 0. The van der Waals surface area contributed by atoms with E-state index in [1.54, 1.807) is 0 Å². The molecule has 28 heavy (non-hydrogen) atoms. The lowest BCUT2D eigenvalue weighted by molar-refractivity contribution is 0.314. The van der Waals surface area contributed by atoms with Crippen molar-refractivity contribution in [3.05, 3.63) is 42.5 Å². The molecule has 0 radical (unpaired) electrons. The maximum Gasteiger partial charge on any atom is 0.191 e. The molecule has 0 saturated carbocycles. The second kappa shape index (κ2) is 12.8. The van der Waals surface area contributed by atoms with Crippen LogP contribution >= 0.6 is 24.0 Å². The summed E-state index contributed by atoms with van der Waals surface area (Å²) in [5, 5.41) is 8.68. The van der Waals surface area contributed by atoms with E-state index in [1.165, 1.54) is 17.0 Å². The molecule has 0 aliphatic rings. The number of nitrogens with one attached hydrogen (secondary N) is 2. The zero-order valence-corrected chi connectivity index (χ0v) is 19.6. The summed E-state index contributed by atoms with van der Waals surface area (Å²) < 4.78 is 28.1. The largest absolute Gasteiger partial charge is 0.494 e. The Morgan fingerprint density at radius 2 is 1.82 bits per heavy atom. The number of aliphatic imine (C=N–C) groups is 1. The van der Waals surface area contributed by atoms with Crippen LogP contribution in [0.15, 0.2) is 47.5 Å². The van der Waals surface area contributed by atoms with Crippen molar-refractivity contribution in [1.82, 2.24) is 10.6 Å². The van der Waals surface area contributed by atoms with Gasteiger partial charge in [-0.15, -0.1) is 24.0 Å². The van der Waals surface area contributed by atoms with E-state index in [0.29, 0.717) is 32.1 Å². The summed E-state index contributed by atoms with van der Waals surface area (Å²) in [7, 11) is -2.92. The summed E-state index contributed by atoms with van der Waals surface area (Å²) in [5.74, 6) is 1.75. The van der Waals surface area contributed by atoms with Gasteiger partial charge in [-0.1, -0.05) is 30.3 Å².